The first kappa shape index (κ1) is 21.4. The number of hydrogen-bond donors (Lipinski definition) is 1. The van der Waals surface area contributed by atoms with Gasteiger partial charge in [-0.1, -0.05) is 12.1 Å². The molecule has 0 unspecified atom stereocenters. The number of rotatable bonds is 6. The Kier molecular flexibility index (Phi) is 6.04. The highest BCUT2D eigenvalue weighted by atomic mass is 32.2. The quantitative estimate of drug-likeness (QED) is 0.688. The summed E-state index contributed by atoms with van der Waals surface area (Å²) in [5.74, 6) is -2.75. The van der Waals surface area contributed by atoms with Gasteiger partial charge in [0.25, 0.3) is 5.91 Å². The van der Waals surface area contributed by atoms with Gasteiger partial charge in [0.2, 0.25) is 0 Å². The lowest BCUT2D eigenvalue weighted by molar-refractivity contribution is 0.0950. The highest BCUT2D eigenvalue weighted by Gasteiger charge is 2.38. The maximum Gasteiger partial charge on any atom is 0.254 e. The fourth-order valence-electron chi connectivity index (χ4n) is 3.12. The third-order valence-electron chi connectivity index (χ3n) is 4.75. The smallest absolute Gasteiger partial charge is 0.254 e. The first-order valence-electron chi connectivity index (χ1n) is 8.85. The number of sulfone groups is 2. The molecule has 2 aromatic rings. The third-order valence-corrected chi connectivity index (χ3v) is 8.92. The topological polar surface area (TPSA) is 97.4 Å². The monoisotopic (exact) mass is 443 g/mol. The Bertz CT molecular complexity index is 1130. The van der Waals surface area contributed by atoms with Crippen molar-refractivity contribution in [1.82, 2.24) is 5.32 Å². The molecule has 1 saturated heterocycles. The molecule has 1 heterocycles. The molecule has 1 fully saturated rings. The van der Waals surface area contributed by atoms with Gasteiger partial charge >= 0.3 is 0 Å². The lowest BCUT2D eigenvalue weighted by Gasteiger charge is -2.12. The zero-order chi connectivity index (χ0) is 21.2. The maximum atomic E-state index is 14.1. The van der Waals surface area contributed by atoms with Gasteiger partial charge in [0.15, 0.2) is 19.7 Å². The first-order valence-corrected chi connectivity index (χ1v) is 12.2. The second-order valence-corrected chi connectivity index (χ2v) is 11.3. The molecular weight excluding hydrogens is 424 g/mol. The van der Waals surface area contributed by atoms with E-state index in [1.54, 1.807) is 12.1 Å². The number of hydrogen-bond acceptors (Lipinski definition) is 5. The van der Waals surface area contributed by atoms with E-state index in [4.69, 9.17) is 0 Å². The van der Waals surface area contributed by atoms with E-state index in [-0.39, 0.29) is 29.4 Å². The summed E-state index contributed by atoms with van der Waals surface area (Å²) in [6, 6.07) is 8.54. The van der Waals surface area contributed by atoms with Crippen LogP contribution in [0.1, 0.15) is 22.3 Å². The van der Waals surface area contributed by atoms with Gasteiger partial charge in [-0.15, -0.1) is 0 Å². The molecule has 1 N–H and O–H groups in total. The number of benzene rings is 2. The maximum absolute atomic E-state index is 14.1. The van der Waals surface area contributed by atoms with Crippen LogP contribution in [-0.4, -0.2) is 46.0 Å². The normalized spacial score (nSPS) is 18.5. The number of halogens is 2. The summed E-state index contributed by atoms with van der Waals surface area (Å²) < 4.78 is 75.6. The molecule has 0 radical (unpaired) electrons. The average molecular weight is 443 g/mol. The Morgan fingerprint density at radius 2 is 1.79 bits per heavy atom. The summed E-state index contributed by atoms with van der Waals surface area (Å²) in [5.41, 5.74) is 0.331. The van der Waals surface area contributed by atoms with E-state index in [2.05, 4.69) is 5.32 Å². The molecule has 0 bridgehead atoms. The van der Waals surface area contributed by atoms with Crippen molar-refractivity contribution in [3.8, 4) is 0 Å². The second-order valence-electron chi connectivity index (χ2n) is 6.84. The minimum Gasteiger partial charge on any atom is -0.352 e. The van der Waals surface area contributed by atoms with Gasteiger partial charge in [0.05, 0.1) is 27.2 Å². The van der Waals surface area contributed by atoms with E-state index in [9.17, 15) is 30.4 Å². The van der Waals surface area contributed by atoms with Gasteiger partial charge in [-0.3, -0.25) is 4.79 Å². The predicted octanol–water partition coefficient (Wildman–Crippen LogP) is 1.90. The van der Waals surface area contributed by atoms with Crippen molar-refractivity contribution in [1.29, 1.82) is 0 Å². The van der Waals surface area contributed by atoms with Crippen LogP contribution in [0.5, 0.6) is 0 Å². The molecule has 156 valence electrons. The van der Waals surface area contributed by atoms with Crippen LogP contribution in [0.25, 0.3) is 0 Å². The van der Waals surface area contributed by atoms with Crippen molar-refractivity contribution in [3.05, 3.63) is 65.2 Å². The molecule has 10 heteroatoms. The van der Waals surface area contributed by atoms with Crippen molar-refractivity contribution in [2.75, 3.05) is 18.1 Å². The standard InChI is InChI=1S/C19H19F2NO5S2/c20-14-3-1-13(2-4-14)7-9-22-19(23)17-11-15(5-6-18(17)21)29(26,27)16-8-10-28(24,25)12-16/h1-6,11,16H,7-10,12H2,(H,22,23)/t16-/m1/s1. The molecule has 0 saturated carbocycles. The average Bonchev–Trinajstić information content (AvgIpc) is 3.04. The van der Waals surface area contributed by atoms with Crippen LogP contribution in [0, 0.1) is 11.6 Å². The lowest BCUT2D eigenvalue weighted by atomic mass is 10.1. The van der Waals surface area contributed by atoms with Gasteiger partial charge in [-0.2, -0.15) is 0 Å². The summed E-state index contributed by atoms with van der Waals surface area (Å²) in [6.07, 6.45) is 0.354. The van der Waals surface area contributed by atoms with Crippen molar-refractivity contribution in [2.24, 2.45) is 0 Å². The van der Waals surface area contributed by atoms with Gasteiger partial charge in [-0.25, -0.2) is 25.6 Å². The Balaban J connectivity index is 1.72. The summed E-state index contributed by atoms with van der Waals surface area (Å²) in [4.78, 5) is 12.0. The summed E-state index contributed by atoms with van der Waals surface area (Å²) in [5, 5.41) is 1.40. The molecule has 1 aliphatic rings. The SMILES string of the molecule is O=C(NCCc1ccc(F)cc1)c1cc(S(=O)(=O)[C@@H]2CCS(=O)(=O)C2)ccc1F. The largest absolute Gasteiger partial charge is 0.352 e. The van der Waals surface area contributed by atoms with Gasteiger partial charge in [0, 0.05) is 6.54 Å². The Morgan fingerprint density at radius 1 is 1.10 bits per heavy atom. The molecule has 0 aromatic heterocycles. The highest BCUT2D eigenvalue weighted by molar-refractivity contribution is 7.96. The molecule has 1 amide bonds. The van der Waals surface area contributed by atoms with Crippen LogP contribution in [0.4, 0.5) is 8.78 Å². The molecule has 6 nitrogen and oxygen atoms in total. The fourth-order valence-corrected chi connectivity index (χ4v) is 7.50. The Hall–Kier alpha value is -2.33. The molecule has 1 aliphatic heterocycles. The minimum atomic E-state index is -4.01. The molecular formula is C19H19F2NO5S2. The highest BCUT2D eigenvalue weighted by Crippen LogP contribution is 2.26. The van der Waals surface area contributed by atoms with E-state index >= 15 is 0 Å². The van der Waals surface area contributed by atoms with E-state index in [0.29, 0.717) is 6.42 Å². The molecule has 1 atom stereocenters. The van der Waals surface area contributed by atoms with Crippen molar-refractivity contribution in [3.63, 3.8) is 0 Å². The van der Waals surface area contributed by atoms with Gasteiger partial charge in [-0.05, 0) is 48.7 Å². The van der Waals surface area contributed by atoms with Crippen molar-refractivity contribution in [2.45, 2.75) is 23.0 Å². The fraction of sp³-hybridized carbons (Fsp3) is 0.316. The number of carbonyl (C=O) groups is 1. The summed E-state index contributed by atoms with van der Waals surface area (Å²) in [6.45, 7) is 0.141. The number of amides is 1. The predicted molar refractivity (Wildman–Crippen MR) is 103 cm³/mol. The minimum absolute atomic E-state index is 0.0265. The van der Waals surface area contributed by atoms with Crippen LogP contribution in [0.3, 0.4) is 0 Å². The van der Waals surface area contributed by atoms with Crippen molar-refractivity contribution < 1.29 is 30.4 Å². The number of carbonyl (C=O) groups excluding carboxylic acids is 1. The Labute approximate surface area is 167 Å². The molecule has 3 rings (SSSR count). The lowest BCUT2D eigenvalue weighted by Crippen LogP contribution is -2.27. The van der Waals surface area contributed by atoms with Crippen LogP contribution in [0.2, 0.25) is 0 Å². The van der Waals surface area contributed by atoms with E-state index in [1.165, 1.54) is 12.1 Å². The summed E-state index contributed by atoms with van der Waals surface area (Å²) >= 11 is 0. The van der Waals surface area contributed by atoms with Crippen LogP contribution >= 0.6 is 0 Å². The van der Waals surface area contributed by atoms with E-state index < -0.39 is 48.0 Å². The van der Waals surface area contributed by atoms with Gasteiger partial charge in [0.1, 0.15) is 11.6 Å². The molecule has 0 aliphatic carbocycles. The second kappa shape index (κ2) is 8.19. The van der Waals surface area contributed by atoms with Crippen LogP contribution in [-0.2, 0) is 26.1 Å². The molecule has 2 aromatic carbocycles. The van der Waals surface area contributed by atoms with Crippen molar-refractivity contribution >= 4 is 25.6 Å². The molecule has 0 spiro atoms. The zero-order valence-corrected chi connectivity index (χ0v) is 16.9. The first-order chi connectivity index (χ1) is 13.6. The number of nitrogens with one attached hydrogen (secondary N) is 1. The third kappa shape index (κ3) is 4.99. The van der Waals surface area contributed by atoms with Crippen LogP contribution < -0.4 is 5.32 Å². The Morgan fingerprint density at radius 3 is 2.41 bits per heavy atom. The van der Waals surface area contributed by atoms with Gasteiger partial charge < -0.3 is 5.32 Å². The summed E-state index contributed by atoms with van der Waals surface area (Å²) in [7, 11) is -7.43. The van der Waals surface area contributed by atoms with E-state index in [0.717, 1.165) is 23.8 Å². The zero-order valence-electron chi connectivity index (χ0n) is 15.3. The van der Waals surface area contributed by atoms with E-state index in [1.807, 2.05) is 0 Å². The molecule has 29 heavy (non-hydrogen) atoms. The van der Waals surface area contributed by atoms with Crippen LogP contribution in [0.15, 0.2) is 47.4 Å².